The van der Waals surface area contributed by atoms with Gasteiger partial charge in [-0.25, -0.2) is 8.78 Å². The molecule has 0 N–H and O–H groups in total. The van der Waals surface area contributed by atoms with Crippen LogP contribution < -0.4 is 0 Å². The highest BCUT2D eigenvalue weighted by atomic mass is 32.1. The summed E-state index contributed by atoms with van der Waals surface area (Å²) < 4.78 is 29.6. The van der Waals surface area contributed by atoms with E-state index in [1.807, 2.05) is 6.07 Å². The monoisotopic (exact) mass is 367 g/mol. The SMILES string of the molecule is Cn1nc(-c2ccc(C(=O)N3CCC(C)(F)CC3)s2)cc1C(C)(C)F. The number of amides is 1. The molecule has 1 aliphatic rings. The first-order valence-corrected chi connectivity index (χ1v) is 9.20. The second-order valence-electron chi connectivity index (χ2n) is 7.38. The molecular formula is C18H23F2N3OS. The summed E-state index contributed by atoms with van der Waals surface area (Å²) in [5.41, 5.74) is -1.52. The number of piperidine rings is 1. The second-order valence-corrected chi connectivity index (χ2v) is 8.46. The lowest BCUT2D eigenvalue weighted by molar-refractivity contribution is 0.0508. The third-order valence-corrected chi connectivity index (χ3v) is 5.75. The van der Waals surface area contributed by atoms with Crippen molar-refractivity contribution in [3.63, 3.8) is 0 Å². The van der Waals surface area contributed by atoms with Crippen molar-refractivity contribution in [3.05, 3.63) is 28.8 Å². The molecule has 4 nitrogen and oxygen atoms in total. The van der Waals surface area contributed by atoms with Gasteiger partial charge in [-0.3, -0.25) is 9.48 Å². The lowest BCUT2D eigenvalue weighted by atomic mass is 9.96. The number of nitrogens with zero attached hydrogens (tertiary/aromatic N) is 3. The molecule has 0 bridgehead atoms. The quantitative estimate of drug-likeness (QED) is 0.810. The van der Waals surface area contributed by atoms with Crippen LogP contribution in [0, 0.1) is 0 Å². The fourth-order valence-corrected chi connectivity index (χ4v) is 4.00. The van der Waals surface area contributed by atoms with E-state index in [1.54, 1.807) is 31.0 Å². The van der Waals surface area contributed by atoms with Crippen LogP contribution in [0.3, 0.4) is 0 Å². The Morgan fingerprint density at radius 3 is 2.52 bits per heavy atom. The highest BCUT2D eigenvalue weighted by Crippen LogP contribution is 2.33. The summed E-state index contributed by atoms with van der Waals surface area (Å²) in [4.78, 5) is 15.7. The molecule has 0 spiro atoms. The topological polar surface area (TPSA) is 38.1 Å². The number of aromatic nitrogens is 2. The van der Waals surface area contributed by atoms with Crippen molar-refractivity contribution in [2.45, 2.75) is 45.0 Å². The van der Waals surface area contributed by atoms with Crippen LogP contribution in [-0.2, 0) is 12.7 Å². The maximum atomic E-state index is 14.2. The van der Waals surface area contributed by atoms with Crippen LogP contribution in [0.5, 0.6) is 0 Å². The van der Waals surface area contributed by atoms with Gasteiger partial charge in [0.15, 0.2) is 0 Å². The fraction of sp³-hybridized carbons (Fsp3) is 0.556. The summed E-state index contributed by atoms with van der Waals surface area (Å²) in [6.07, 6.45) is 0.734. The highest BCUT2D eigenvalue weighted by molar-refractivity contribution is 7.17. The van der Waals surface area contributed by atoms with E-state index in [-0.39, 0.29) is 5.91 Å². The molecule has 1 aliphatic heterocycles. The van der Waals surface area contributed by atoms with Crippen LogP contribution in [0.25, 0.3) is 10.6 Å². The Kier molecular flexibility index (Phi) is 4.47. The first kappa shape index (κ1) is 18.0. The minimum absolute atomic E-state index is 0.0753. The second kappa shape index (κ2) is 6.20. The molecule has 0 radical (unpaired) electrons. The van der Waals surface area contributed by atoms with Gasteiger partial charge in [-0.2, -0.15) is 5.10 Å². The molecule has 2 aromatic heterocycles. The maximum Gasteiger partial charge on any atom is 0.263 e. The predicted molar refractivity (Wildman–Crippen MR) is 95.3 cm³/mol. The molecule has 2 aromatic rings. The van der Waals surface area contributed by atoms with Crippen molar-refractivity contribution in [2.75, 3.05) is 13.1 Å². The van der Waals surface area contributed by atoms with Crippen molar-refractivity contribution in [2.24, 2.45) is 7.05 Å². The number of halogens is 2. The first-order valence-electron chi connectivity index (χ1n) is 8.39. The van der Waals surface area contributed by atoms with Crippen molar-refractivity contribution >= 4 is 17.2 Å². The Labute approximate surface area is 150 Å². The zero-order chi connectivity index (χ0) is 18.4. The van der Waals surface area contributed by atoms with Crippen molar-refractivity contribution < 1.29 is 13.6 Å². The van der Waals surface area contributed by atoms with E-state index in [2.05, 4.69) is 5.10 Å². The largest absolute Gasteiger partial charge is 0.338 e. The molecule has 1 amide bonds. The smallest absolute Gasteiger partial charge is 0.263 e. The Morgan fingerprint density at radius 2 is 1.96 bits per heavy atom. The first-order chi connectivity index (χ1) is 11.6. The minimum atomic E-state index is -1.48. The number of thiophene rings is 1. The van der Waals surface area contributed by atoms with E-state index in [0.717, 1.165) is 4.88 Å². The summed E-state index contributed by atoms with van der Waals surface area (Å²) in [6, 6.07) is 5.31. The van der Waals surface area contributed by atoms with Crippen molar-refractivity contribution in [1.82, 2.24) is 14.7 Å². The van der Waals surface area contributed by atoms with E-state index in [9.17, 15) is 13.6 Å². The standard InChI is InChI=1S/C18H23F2N3OS/c1-17(2,19)15-11-12(21-22(15)4)13-5-6-14(25-13)16(24)23-9-7-18(3,20)8-10-23/h5-6,11H,7-10H2,1-4H3. The lowest BCUT2D eigenvalue weighted by Crippen LogP contribution is -2.43. The molecule has 0 saturated carbocycles. The number of hydrogen-bond acceptors (Lipinski definition) is 3. The van der Waals surface area contributed by atoms with E-state index in [4.69, 9.17) is 0 Å². The summed E-state index contributed by atoms with van der Waals surface area (Å²) in [5, 5.41) is 4.36. The number of likely N-dealkylation sites (tertiary alicyclic amines) is 1. The summed E-state index contributed by atoms with van der Waals surface area (Å²) in [7, 11) is 1.71. The van der Waals surface area contributed by atoms with Gasteiger partial charge in [-0.05, 0) is 51.8 Å². The highest BCUT2D eigenvalue weighted by Gasteiger charge is 2.32. The normalized spacial score (nSPS) is 17.8. The predicted octanol–water partition coefficient (Wildman–Crippen LogP) is 4.32. The van der Waals surface area contributed by atoms with Gasteiger partial charge in [0.25, 0.3) is 5.91 Å². The van der Waals surface area contributed by atoms with E-state index < -0.39 is 11.3 Å². The van der Waals surface area contributed by atoms with Gasteiger partial charge in [0.2, 0.25) is 0 Å². The molecule has 0 unspecified atom stereocenters. The van der Waals surface area contributed by atoms with Crippen LogP contribution in [0.2, 0.25) is 0 Å². The van der Waals surface area contributed by atoms with Gasteiger partial charge in [0.05, 0.1) is 15.4 Å². The number of rotatable bonds is 3. The third kappa shape index (κ3) is 3.76. The van der Waals surface area contributed by atoms with Gasteiger partial charge in [0.1, 0.15) is 17.0 Å². The van der Waals surface area contributed by atoms with E-state index in [0.29, 0.717) is 42.2 Å². The maximum absolute atomic E-state index is 14.2. The Hall–Kier alpha value is -1.76. The number of alkyl halides is 2. The Bertz CT molecular complexity index is 779. The third-order valence-electron chi connectivity index (χ3n) is 4.65. The summed E-state index contributed by atoms with van der Waals surface area (Å²) >= 11 is 1.34. The minimum Gasteiger partial charge on any atom is -0.338 e. The molecule has 3 rings (SSSR count). The van der Waals surface area contributed by atoms with Crippen LogP contribution in [-0.4, -0.2) is 39.3 Å². The molecule has 0 atom stereocenters. The molecular weight excluding hydrogens is 344 g/mol. The molecule has 7 heteroatoms. The van der Waals surface area contributed by atoms with Crippen LogP contribution in [0.4, 0.5) is 8.78 Å². The summed E-state index contributed by atoms with van der Waals surface area (Å²) in [5.74, 6) is -0.0753. The number of hydrogen-bond donors (Lipinski definition) is 0. The van der Waals surface area contributed by atoms with E-state index >= 15 is 0 Å². The molecule has 136 valence electrons. The van der Waals surface area contributed by atoms with Crippen molar-refractivity contribution in [1.29, 1.82) is 0 Å². The average Bonchev–Trinajstić information content (AvgIpc) is 3.12. The molecule has 3 heterocycles. The van der Waals surface area contributed by atoms with Gasteiger partial charge in [-0.1, -0.05) is 0 Å². The molecule has 1 fully saturated rings. The number of carbonyl (C=O) groups excluding carboxylic acids is 1. The van der Waals surface area contributed by atoms with Gasteiger partial charge < -0.3 is 4.90 Å². The van der Waals surface area contributed by atoms with Crippen molar-refractivity contribution in [3.8, 4) is 10.6 Å². The average molecular weight is 367 g/mol. The molecule has 1 saturated heterocycles. The number of carbonyl (C=O) groups is 1. The fourth-order valence-electron chi connectivity index (χ4n) is 3.07. The van der Waals surface area contributed by atoms with E-state index in [1.165, 1.54) is 29.9 Å². The Morgan fingerprint density at radius 1 is 1.32 bits per heavy atom. The van der Waals surface area contributed by atoms with Crippen LogP contribution >= 0.6 is 11.3 Å². The van der Waals surface area contributed by atoms with Crippen LogP contribution in [0.1, 0.15) is 49.0 Å². The van der Waals surface area contributed by atoms with Gasteiger partial charge in [0, 0.05) is 20.1 Å². The van der Waals surface area contributed by atoms with Crippen LogP contribution in [0.15, 0.2) is 18.2 Å². The van der Waals surface area contributed by atoms with Gasteiger partial charge >= 0.3 is 0 Å². The molecule has 0 aliphatic carbocycles. The molecule has 25 heavy (non-hydrogen) atoms. The number of aryl methyl sites for hydroxylation is 1. The molecule has 0 aromatic carbocycles. The summed E-state index contributed by atoms with van der Waals surface area (Å²) in [6.45, 7) is 5.44. The van der Waals surface area contributed by atoms with Gasteiger partial charge in [-0.15, -0.1) is 11.3 Å². The Balaban J connectivity index is 1.78. The zero-order valence-electron chi connectivity index (χ0n) is 15.0. The lowest BCUT2D eigenvalue weighted by Gasteiger charge is -2.33. The zero-order valence-corrected chi connectivity index (χ0v) is 15.8.